The third-order valence-electron chi connectivity index (χ3n) is 3.70. The van der Waals surface area contributed by atoms with Gasteiger partial charge >= 0.3 is 6.09 Å². The molecule has 3 nitrogen and oxygen atoms in total. The Morgan fingerprint density at radius 2 is 1.77 bits per heavy atom. The van der Waals surface area contributed by atoms with Gasteiger partial charge in [-0.15, -0.1) is 0 Å². The Hall–Kier alpha value is -2.29. The van der Waals surface area contributed by atoms with Gasteiger partial charge in [-0.25, -0.2) is 4.79 Å². The van der Waals surface area contributed by atoms with Crippen molar-refractivity contribution in [3.8, 4) is 0 Å². The lowest BCUT2D eigenvalue weighted by atomic mass is 10.1. The number of fused-ring (bicyclic) bond motifs is 3. The highest BCUT2D eigenvalue weighted by Gasteiger charge is 2.21. The number of amides is 1. The molecule has 22 heavy (non-hydrogen) atoms. The quantitative estimate of drug-likeness (QED) is 0.748. The number of hydrogen-bond acceptors (Lipinski definition) is 2. The second-order valence-corrected chi connectivity index (χ2v) is 6.58. The minimum Gasteiger partial charge on any atom is -0.444 e. The zero-order valence-electron chi connectivity index (χ0n) is 13.3. The molecule has 0 atom stereocenters. The molecule has 0 aromatic heterocycles. The fourth-order valence-corrected chi connectivity index (χ4v) is 2.68. The van der Waals surface area contributed by atoms with Crippen LogP contribution in [0.1, 0.15) is 20.8 Å². The van der Waals surface area contributed by atoms with Crippen LogP contribution in [0, 0.1) is 0 Å². The van der Waals surface area contributed by atoms with E-state index in [4.69, 9.17) is 4.74 Å². The van der Waals surface area contributed by atoms with E-state index in [1.54, 1.807) is 4.90 Å². The maximum Gasteiger partial charge on any atom is 0.410 e. The molecule has 0 bridgehead atoms. The predicted molar refractivity (Wildman–Crippen MR) is 89.9 cm³/mol. The fourth-order valence-electron chi connectivity index (χ4n) is 2.68. The van der Waals surface area contributed by atoms with E-state index in [0.29, 0.717) is 13.1 Å². The Kier molecular flexibility index (Phi) is 3.65. The van der Waals surface area contributed by atoms with Crippen molar-refractivity contribution in [1.82, 2.24) is 4.90 Å². The van der Waals surface area contributed by atoms with Crippen LogP contribution in [-0.4, -0.2) is 29.7 Å². The average Bonchev–Trinajstić information content (AvgIpc) is 2.68. The van der Waals surface area contributed by atoms with E-state index in [2.05, 4.69) is 36.4 Å². The molecule has 1 aliphatic heterocycles. The highest BCUT2D eigenvalue weighted by Crippen LogP contribution is 2.11. The maximum atomic E-state index is 12.2. The van der Waals surface area contributed by atoms with Gasteiger partial charge in [0.2, 0.25) is 0 Å². The van der Waals surface area contributed by atoms with Gasteiger partial charge in [-0.05, 0) is 42.0 Å². The number of carbonyl (C=O) groups is 1. The molecule has 0 aliphatic carbocycles. The summed E-state index contributed by atoms with van der Waals surface area (Å²) in [6.45, 7) is 6.79. The van der Waals surface area contributed by atoms with Crippen LogP contribution in [0.3, 0.4) is 0 Å². The van der Waals surface area contributed by atoms with Crippen molar-refractivity contribution in [1.29, 1.82) is 0 Å². The van der Waals surface area contributed by atoms with E-state index >= 15 is 0 Å². The third-order valence-corrected chi connectivity index (χ3v) is 3.70. The largest absolute Gasteiger partial charge is 0.444 e. The van der Waals surface area contributed by atoms with E-state index < -0.39 is 5.60 Å². The summed E-state index contributed by atoms with van der Waals surface area (Å²) < 4.78 is 5.47. The summed E-state index contributed by atoms with van der Waals surface area (Å²) in [5.41, 5.74) is -0.469. The van der Waals surface area contributed by atoms with Crippen molar-refractivity contribution in [3.63, 3.8) is 0 Å². The lowest BCUT2D eigenvalue weighted by Crippen LogP contribution is -2.36. The lowest BCUT2D eigenvalue weighted by Gasteiger charge is -2.25. The molecule has 1 aliphatic rings. The average molecular weight is 295 g/mol. The summed E-state index contributed by atoms with van der Waals surface area (Å²) in [5, 5.41) is 4.81. The molecule has 1 amide bonds. The molecule has 0 saturated heterocycles. The molecule has 0 N–H and O–H groups in total. The van der Waals surface area contributed by atoms with E-state index in [-0.39, 0.29) is 6.09 Å². The summed E-state index contributed by atoms with van der Waals surface area (Å²) in [6.07, 6.45) is 3.94. The molecule has 3 heteroatoms. The second-order valence-electron chi connectivity index (χ2n) is 6.58. The number of hydrogen-bond donors (Lipinski definition) is 0. The number of benzene rings is 2. The zero-order valence-corrected chi connectivity index (χ0v) is 13.3. The van der Waals surface area contributed by atoms with Crippen LogP contribution in [0.25, 0.3) is 22.9 Å². The molecule has 0 fully saturated rings. The molecular weight excluding hydrogens is 274 g/mol. The highest BCUT2D eigenvalue weighted by molar-refractivity contribution is 5.84. The van der Waals surface area contributed by atoms with Crippen LogP contribution in [0.5, 0.6) is 0 Å². The Labute approximate surface area is 130 Å². The van der Waals surface area contributed by atoms with Crippen LogP contribution in [0.15, 0.2) is 36.4 Å². The third kappa shape index (κ3) is 2.98. The Morgan fingerprint density at radius 1 is 1.05 bits per heavy atom. The van der Waals surface area contributed by atoms with Crippen molar-refractivity contribution in [2.45, 2.75) is 26.4 Å². The molecule has 2 aromatic rings. The molecule has 0 unspecified atom stereocenters. The van der Waals surface area contributed by atoms with Gasteiger partial charge in [0.25, 0.3) is 0 Å². The van der Waals surface area contributed by atoms with Crippen LogP contribution in [0.2, 0.25) is 0 Å². The monoisotopic (exact) mass is 295 g/mol. The topological polar surface area (TPSA) is 29.5 Å². The highest BCUT2D eigenvalue weighted by atomic mass is 16.6. The predicted octanol–water partition coefficient (Wildman–Crippen LogP) is 2.65. The number of carbonyl (C=O) groups excluding carboxylic acids is 1. The van der Waals surface area contributed by atoms with E-state index in [0.717, 1.165) is 0 Å². The minimum absolute atomic E-state index is 0.267. The Morgan fingerprint density at radius 3 is 2.55 bits per heavy atom. The minimum atomic E-state index is -0.469. The maximum absolute atomic E-state index is 12.2. The molecule has 114 valence electrons. The van der Waals surface area contributed by atoms with Gasteiger partial charge in [-0.2, -0.15) is 0 Å². The molecular formula is C19H21NO2. The van der Waals surface area contributed by atoms with Crippen molar-refractivity contribution < 1.29 is 9.53 Å². The van der Waals surface area contributed by atoms with E-state index in [9.17, 15) is 4.79 Å². The molecule has 0 radical (unpaired) electrons. The van der Waals surface area contributed by atoms with Gasteiger partial charge in [-0.3, -0.25) is 0 Å². The smallest absolute Gasteiger partial charge is 0.410 e. The van der Waals surface area contributed by atoms with Gasteiger partial charge in [0.1, 0.15) is 5.60 Å². The molecule has 2 aromatic carbocycles. The summed E-state index contributed by atoms with van der Waals surface area (Å²) in [5.74, 6) is 0. The van der Waals surface area contributed by atoms with Crippen molar-refractivity contribution >= 4 is 29.0 Å². The van der Waals surface area contributed by atoms with Gasteiger partial charge in [0.05, 0.1) is 0 Å². The summed E-state index contributed by atoms with van der Waals surface area (Å²) in [4.78, 5) is 14.0. The standard InChI is InChI=1S/C19H21NO2/c1-19(2,3)22-18(21)20-12-10-15-9-8-14-6-4-5-7-16(14)17(15)11-13-20/h4-11H,12-13H2,1-3H3. The van der Waals surface area contributed by atoms with Crippen molar-refractivity contribution in [2.75, 3.05) is 13.1 Å². The van der Waals surface area contributed by atoms with Crippen LogP contribution >= 0.6 is 0 Å². The first-order valence-electron chi connectivity index (χ1n) is 7.60. The fraction of sp³-hybridized carbons (Fsp3) is 0.316. The van der Waals surface area contributed by atoms with Gasteiger partial charge in [0.15, 0.2) is 0 Å². The lowest BCUT2D eigenvalue weighted by molar-refractivity contribution is 0.0303. The molecule has 1 heterocycles. The van der Waals surface area contributed by atoms with Crippen molar-refractivity contribution in [2.24, 2.45) is 0 Å². The van der Waals surface area contributed by atoms with Gasteiger partial charge in [-0.1, -0.05) is 48.6 Å². The zero-order chi connectivity index (χ0) is 15.7. The first-order valence-corrected chi connectivity index (χ1v) is 7.60. The van der Waals surface area contributed by atoms with Gasteiger partial charge < -0.3 is 9.64 Å². The number of ether oxygens (including phenoxy) is 1. The van der Waals surface area contributed by atoms with Crippen LogP contribution in [0.4, 0.5) is 4.79 Å². The number of nitrogens with zero attached hydrogens (tertiary/aromatic N) is 1. The molecule has 0 spiro atoms. The first-order chi connectivity index (χ1) is 10.4. The summed E-state index contributed by atoms with van der Waals surface area (Å²) >= 11 is 0. The normalized spacial score (nSPS) is 14.6. The summed E-state index contributed by atoms with van der Waals surface area (Å²) in [7, 11) is 0. The summed E-state index contributed by atoms with van der Waals surface area (Å²) in [6, 6.07) is 12.6. The van der Waals surface area contributed by atoms with Crippen LogP contribution < -0.4 is 10.4 Å². The first kappa shape index (κ1) is 14.6. The Balaban J connectivity index is 1.98. The van der Waals surface area contributed by atoms with E-state index in [1.165, 1.54) is 21.2 Å². The number of rotatable bonds is 0. The Bertz CT molecular complexity index is 831. The molecule has 0 saturated carbocycles. The van der Waals surface area contributed by atoms with Crippen molar-refractivity contribution in [3.05, 3.63) is 46.8 Å². The van der Waals surface area contributed by atoms with Crippen LogP contribution in [-0.2, 0) is 4.74 Å². The van der Waals surface area contributed by atoms with Gasteiger partial charge in [0, 0.05) is 13.1 Å². The second kappa shape index (κ2) is 5.48. The molecule has 3 rings (SSSR count). The van der Waals surface area contributed by atoms with E-state index in [1.807, 2.05) is 32.9 Å². The SMILES string of the molecule is CC(C)(C)OC(=O)N1CC=c2ccc3ccccc3c2=CC1.